The van der Waals surface area contributed by atoms with Crippen LogP contribution in [-0.2, 0) is 0 Å². The van der Waals surface area contributed by atoms with Crippen LogP contribution >= 0.6 is 11.6 Å². The van der Waals surface area contributed by atoms with Crippen LogP contribution in [0.5, 0.6) is 0 Å². The predicted molar refractivity (Wildman–Crippen MR) is 50.8 cm³/mol. The summed E-state index contributed by atoms with van der Waals surface area (Å²) in [5, 5.41) is 8.47. The average Bonchev–Trinajstić information content (AvgIpc) is 2.62. The van der Waals surface area contributed by atoms with Crippen LogP contribution in [0.4, 0.5) is 5.69 Å². The summed E-state index contributed by atoms with van der Waals surface area (Å²) in [4.78, 5) is 1.48. The molecule has 2 N–H and O–H groups in total. The van der Waals surface area contributed by atoms with Crippen LogP contribution in [0, 0.1) is 0 Å². The lowest BCUT2D eigenvalue weighted by molar-refractivity contribution is 0.752. The zero-order valence-electron chi connectivity index (χ0n) is 6.68. The van der Waals surface area contributed by atoms with Gasteiger partial charge in [0.1, 0.15) is 0 Å². The molecular weight excluding hydrogens is 188 g/mol. The highest BCUT2D eigenvalue weighted by Gasteiger charge is 2.00. The molecule has 0 saturated carbocycles. The van der Waals surface area contributed by atoms with E-state index in [9.17, 15) is 0 Å². The van der Waals surface area contributed by atoms with Crippen LogP contribution in [0.15, 0.2) is 30.6 Å². The summed E-state index contributed by atoms with van der Waals surface area (Å²) < 4.78 is 0. The molecule has 0 saturated heterocycles. The fourth-order valence-electron chi connectivity index (χ4n) is 1.00. The van der Waals surface area contributed by atoms with Crippen molar-refractivity contribution in [2.45, 2.75) is 0 Å². The molecule has 0 fully saturated rings. The Morgan fingerprint density at radius 2 is 1.92 bits per heavy atom. The minimum Gasteiger partial charge on any atom is -0.397 e. The van der Waals surface area contributed by atoms with E-state index in [0.717, 1.165) is 5.69 Å². The minimum atomic E-state index is 0.525. The Balaban J connectivity index is 2.49. The lowest BCUT2D eigenvalue weighted by atomic mass is 10.3. The summed E-state index contributed by atoms with van der Waals surface area (Å²) in [7, 11) is 0. The molecule has 1 aromatic carbocycles. The molecule has 0 bridgehead atoms. The van der Waals surface area contributed by atoms with Gasteiger partial charge in [-0.15, -0.1) is 0 Å². The molecule has 1 heterocycles. The first-order chi connectivity index (χ1) is 6.27. The maximum absolute atomic E-state index is 5.77. The molecule has 0 spiro atoms. The Bertz CT molecular complexity index is 410. The predicted octanol–water partition coefficient (Wildman–Crippen LogP) is 1.50. The number of aromatic nitrogens is 3. The van der Waals surface area contributed by atoms with Crippen LogP contribution in [0.25, 0.3) is 5.69 Å². The number of benzene rings is 1. The molecule has 2 rings (SSSR count). The van der Waals surface area contributed by atoms with Crippen molar-refractivity contribution in [3.05, 3.63) is 35.6 Å². The molecule has 2 aromatic rings. The van der Waals surface area contributed by atoms with Crippen molar-refractivity contribution in [1.29, 1.82) is 0 Å². The largest absolute Gasteiger partial charge is 0.397 e. The van der Waals surface area contributed by atoms with Gasteiger partial charge < -0.3 is 5.73 Å². The third-order valence-electron chi connectivity index (χ3n) is 1.63. The van der Waals surface area contributed by atoms with Crippen molar-refractivity contribution in [3.63, 3.8) is 0 Å². The van der Waals surface area contributed by atoms with E-state index in [-0.39, 0.29) is 0 Å². The van der Waals surface area contributed by atoms with Crippen molar-refractivity contribution in [3.8, 4) is 5.69 Å². The number of halogens is 1. The van der Waals surface area contributed by atoms with Gasteiger partial charge in [0.25, 0.3) is 0 Å². The maximum Gasteiger partial charge on any atom is 0.0878 e. The van der Waals surface area contributed by atoms with Gasteiger partial charge in [-0.3, -0.25) is 0 Å². The van der Waals surface area contributed by atoms with Crippen molar-refractivity contribution in [1.82, 2.24) is 15.0 Å². The molecule has 0 radical (unpaired) electrons. The smallest absolute Gasteiger partial charge is 0.0878 e. The first kappa shape index (κ1) is 8.07. The SMILES string of the molecule is Nc1cc(-n2nccn2)ccc1Cl. The Kier molecular flexibility index (Phi) is 1.90. The summed E-state index contributed by atoms with van der Waals surface area (Å²) in [5.41, 5.74) is 6.95. The molecular formula is C8H7ClN4. The van der Waals surface area contributed by atoms with E-state index in [1.54, 1.807) is 30.6 Å². The standard InChI is InChI=1S/C8H7ClN4/c9-7-2-1-6(5-8(7)10)13-11-3-4-12-13/h1-5H,10H2. The monoisotopic (exact) mass is 194 g/mol. The summed E-state index contributed by atoms with van der Waals surface area (Å²) >= 11 is 5.77. The van der Waals surface area contributed by atoms with Gasteiger partial charge in [0, 0.05) is 0 Å². The van der Waals surface area contributed by atoms with Crippen molar-refractivity contribution < 1.29 is 0 Å². The Morgan fingerprint density at radius 3 is 2.54 bits per heavy atom. The molecule has 0 unspecified atom stereocenters. The van der Waals surface area contributed by atoms with Crippen LogP contribution in [0.2, 0.25) is 5.02 Å². The van der Waals surface area contributed by atoms with Gasteiger partial charge in [0.05, 0.1) is 28.8 Å². The fraction of sp³-hybridized carbons (Fsp3) is 0. The summed E-state index contributed by atoms with van der Waals surface area (Å²) in [6.45, 7) is 0. The zero-order valence-corrected chi connectivity index (χ0v) is 7.44. The molecule has 66 valence electrons. The van der Waals surface area contributed by atoms with Gasteiger partial charge in [-0.1, -0.05) is 11.6 Å². The molecule has 0 amide bonds. The van der Waals surface area contributed by atoms with Crippen LogP contribution in [0.3, 0.4) is 0 Å². The maximum atomic E-state index is 5.77. The number of rotatable bonds is 1. The van der Waals surface area contributed by atoms with E-state index in [4.69, 9.17) is 17.3 Å². The Labute approximate surface area is 79.9 Å². The molecule has 5 heteroatoms. The number of nitrogen functional groups attached to an aromatic ring is 1. The van der Waals surface area contributed by atoms with Crippen LogP contribution in [-0.4, -0.2) is 15.0 Å². The second kappa shape index (κ2) is 3.06. The second-order valence-corrected chi connectivity index (χ2v) is 2.93. The molecule has 0 aliphatic rings. The van der Waals surface area contributed by atoms with Gasteiger partial charge in [-0.05, 0) is 18.2 Å². The Morgan fingerprint density at radius 1 is 1.23 bits per heavy atom. The topological polar surface area (TPSA) is 56.7 Å². The molecule has 13 heavy (non-hydrogen) atoms. The lowest BCUT2D eigenvalue weighted by Gasteiger charge is -2.01. The van der Waals surface area contributed by atoms with Crippen molar-refractivity contribution in [2.75, 3.05) is 5.73 Å². The molecule has 0 atom stereocenters. The van der Waals surface area contributed by atoms with E-state index >= 15 is 0 Å². The summed E-state index contributed by atoms with van der Waals surface area (Å²) in [6, 6.07) is 5.25. The molecule has 0 aliphatic heterocycles. The zero-order chi connectivity index (χ0) is 9.26. The first-order valence-corrected chi connectivity index (χ1v) is 4.07. The lowest BCUT2D eigenvalue weighted by Crippen LogP contribution is -1.99. The number of nitrogens with zero attached hydrogens (tertiary/aromatic N) is 3. The van der Waals surface area contributed by atoms with Crippen LogP contribution in [0.1, 0.15) is 0 Å². The van der Waals surface area contributed by atoms with Gasteiger partial charge >= 0.3 is 0 Å². The molecule has 0 aliphatic carbocycles. The van der Waals surface area contributed by atoms with Gasteiger partial charge in [0.15, 0.2) is 0 Å². The van der Waals surface area contributed by atoms with Crippen molar-refractivity contribution in [2.24, 2.45) is 0 Å². The Hall–Kier alpha value is -1.55. The van der Waals surface area contributed by atoms with E-state index < -0.39 is 0 Å². The number of hydrogen-bond donors (Lipinski definition) is 1. The average molecular weight is 195 g/mol. The van der Waals surface area contributed by atoms with E-state index in [0.29, 0.717) is 10.7 Å². The highest BCUT2D eigenvalue weighted by atomic mass is 35.5. The van der Waals surface area contributed by atoms with E-state index in [1.165, 1.54) is 4.80 Å². The number of hydrogen-bond acceptors (Lipinski definition) is 3. The summed E-state index contributed by atoms with van der Waals surface area (Å²) in [5.74, 6) is 0. The highest BCUT2D eigenvalue weighted by molar-refractivity contribution is 6.33. The number of nitrogens with two attached hydrogens (primary N) is 1. The minimum absolute atomic E-state index is 0.525. The van der Waals surface area contributed by atoms with Crippen LogP contribution < -0.4 is 5.73 Å². The quantitative estimate of drug-likeness (QED) is 0.700. The molecule has 1 aromatic heterocycles. The van der Waals surface area contributed by atoms with Gasteiger partial charge in [-0.25, -0.2) is 0 Å². The summed E-state index contributed by atoms with van der Waals surface area (Å²) in [6.07, 6.45) is 3.20. The van der Waals surface area contributed by atoms with E-state index in [2.05, 4.69) is 10.2 Å². The number of anilines is 1. The first-order valence-electron chi connectivity index (χ1n) is 3.69. The second-order valence-electron chi connectivity index (χ2n) is 2.52. The fourth-order valence-corrected chi connectivity index (χ4v) is 1.12. The van der Waals surface area contributed by atoms with E-state index in [1.807, 2.05) is 0 Å². The van der Waals surface area contributed by atoms with Gasteiger partial charge in [-0.2, -0.15) is 15.0 Å². The highest BCUT2D eigenvalue weighted by Crippen LogP contribution is 2.20. The van der Waals surface area contributed by atoms with Crippen molar-refractivity contribution >= 4 is 17.3 Å². The molecule has 4 nitrogen and oxygen atoms in total. The van der Waals surface area contributed by atoms with Gasteiger partial charge in [0.2, 0.25) is 0 Å². The third kappa shape index (κ3) is 1.48. The third-order valence-corrected chi connectivity index (χ3v) is 1.97. The normalized spacial score (nSPS) is 10.2.